The van der Waals surface area contributed by atoms with E-state index in [0.717, 1.165) is 49.2 Å². The van der Waals surface area contributed by atoms with E-state index >= 15 is 0 Å². The molecule has 1 aliphatic heterocycles. The second-order valence-corrected chi connectivity index (χ2v) is 7.58. The van der Waals surface area contributed by atoms with Crippen molar-refractivity contribution in [3.05, 3.63) is 23.3 Å². The summed E-state index contributed by atoms with van der Waals surface area (Å²) < 4.78 is 29.3. The smallest absolute Gasteiger partial charge is 0.175 e. The first-order valence-corrected chi connectivity index (χ1v) is 8.89. The first-order chi connectivity index (χ1) is 9.41. The zero-order valence-corrected chi connectivity index (χ0v) is 13.2. The molecule has 0 bridgehead atoms. The largest absolute Gasteiger partial charge is 0.496 e. The fraction of sp³-hybridized carbons (Fsp3) is 0.600. The zero-order chi connectivity index (χ0) is 14.8. The minimum atomic E-state index is -3.20. The second-order valence-electron chi connectivity index (χ2n) is 5.60. The molecular weight excluding hydrogens is 274 g/mol. The third-order valence-corrected chi connectivity index (χ3v) is 5.12. The standard InChI is InChI=1S/C15H23NO3S/c1-11-8-15(20(3,17)18)13(10-14(11)19-2)9-12-4-6-16-7-5-12/h8,10,12,16H,4-7,9H2,1-3H3. The van der Waals surface area contributed by atoms with Gasteiger partial charge in [-0.3, -0.25) is 0 Å². The van der Waals surface area contributed by atoms with Crippen LogP contribution < -0.4 is 10.1 Å². The van der Waals surface area contributed by atoms with E-state index in [-0.39, 0.29) is 0 Å². The fourth-order valence-corrected chi connectivity index (χ4v) is 3.83. The van der Waals surface area contributed by atoms with Gasteiger partial charge in [0.15, 0.2) is 9.84 Å². The Labute approximate surface area is 121 Å². The lowest BCUT2D eigenvalue weighted by atomic mass is 9.90. The number of methoxy groups -OCH3 is 1. The minimum Gasteiger partial charge on any atom is -0.496 e. The number of sulfone groups is 1. The van der Waals surface area contributed by atoms with Gasteiger partial charge in [0.05, 0.1) is 12.0 Å². The predicted molar refractivity (Wildman–Crippen MR) is 80.1 cm³/mol. The Balaban J connectivity index is 2.37. The topological polar surface area (TPSA) is 55.4 Å². The van der Waals surface area contributed by atoms with Crippen molar-refractivity contribution in [2.45, 2.75) is 31.1 Å². The highest BCUT2D eigenvalue weighted by Crippen LogP contribution is 2.29. The number of ether oxygens (including phenoxy) is 1. The van der Waals surface area contributed by atoms with Crippen LogP contribution in [0.3, 0.4) is 0 Å². The van der Waals surface area contributed by atoms with E-state index in [9.17, 15) is 8.42 Å². The van der Waals surface area contributed by atoms with Crippen LogP contribution in [0.4, 0.5) is 0 Å². The first kappa shape index (κ1) is 15.3. The molecule has 1 N–H and O–H groups in total. The normalized spacial score (nSPS) is 17.1. The van der Waals surface area contributed by atoms with Crippen LogP contribution in [0.1, 0.15) is 24.0 Å². The SMILES string of the molecule is COc1cc(CC2CCNCC2)c(S(C)(=O)=O)cc1C. The van der Waals surface area contributed by atoms with Gasteiger partial charge in [-0.05, 0) is 68.5 Å². The van der Waals surface area contributed by atoms with Gasteiger partial charge in [0, 0.05) is 6.26 Å². The summed E-state index contributed by atoms with van der Waals surface area (Å²) in [4.78, 5) is 0.453. The molecule has 4 nitrogen and oxygen atoms in total. The molecule has 20 heavy (non-hydrogen) atoms. The number of benzene rings is 1. The third-order valence-electron chi connectivity index (χ3n) is 3.94. The molecule has 0 radical (unpaired) electrons. The lowest BCUT2D eigenvalue weighted by Crippen LogP contribution is -2.29. The Bertz CT molecular complexity index is 575. The summed E-state index contributed by atoms with van der Waals surface area (Å²) in [7, 11) is -1.58. The monoisotopic (exact) mass is 297 g/mol. The molecule has 1 aromatic carbocycles. The van der Waals surface area contributed by atoms with Crippen molar-refractivity contribution in [3.8, 4) is 5.75 Å². The predicted octanol–water partition coefficient (Wildman–Crippen LogP) is 1.95. The Morgan fingerprint density at radius 1 is 1.30 bits per heavy atom. The van der Waals surface area contributed by atoms with E-state index < -0.39 is 9.84 Å². The van der Waals surface area contributed by atoms with E-state index in [0.29, 0.717) is 10.8 Å². The average Bonchev–Trinajstić information content (AvgIpc) is 2.40. The van der Waals surface area contributed by atoms with Crippen molar-refractivity contribution >= 4 is 9.84 Å². The molecule has 0 aliphatic carbocycles. The maximum Gasteiger partial charge on any atom is 0.175 e. The molecule has 0 amide bonds. The van der Waals surface area contributed by atoms with Gasteiger partial charge in [-0.2, -0.15) is 0 Å². The van der Waals surface area contributed by atoms with Gasteiger partial charge >= 0.3 is 0 Å². The van der Waals surface area contributed by atoms with Crippen molar-refractivity contribution in [3.63, 3.8) is 0 Å². The maximum atomic E-state index is 12.0. The molecule has 0 atom stereocenters. The van der Waals surface area contributed by atoms with Gasteiger partial charge < -0.3 is 10.1 Å². The van der Waals surface area contributed by atoms with Crippen molar-refractivity contribution in [1.29, 1.82) is 0 Å². The van der Waals surface area contributed by atoms with Crippen LogP contribution in [0, 0.1) is 12.8 Å². The van der Waals surface area contributed by atoms with Crippen LogP contribution >= 0.6 is 0 Å². The van der Waals surface area contributed by atoms with Crippen molar-refractivity contribution in [1.82, 2.24) is 5.32 Å². The Hall–Kier alpha value is -1.07. The molecular formula is C15H23NO3S. The highest BCUT2D eigenvalue weighted by molar-refractivity contribution is 7.90. The number of nitrogens with one attached hydrogen (secondary N) is 1. The van der Waals surface area contributed by atoms with Crippen molar-refractivity contribution in [2.24, 2.45) is 5.92 Å². The Morgan fingerprint density at radius 3 is 2.50 bits per heavy atom. The van der Waals surface area contributed by atoms with Crippen LogP contribution in [0.15, 0.2) is 17.0 Å². The first-order valence-electron chi connectivity index (χ1n) is 7.00. The van der Waals surface area contributed by atoms with E-state index in [4.69, 9.17) is 4.74 Å². The average molecular weight is 297 g/mol. The number of rotatable bonds is 4. The quantitative estimate of drug-likeness (QED) is 0.923. The fourth-order valence-electron chi connectivity index (χ4n) is 2.83. The Kier molecular flexibility index (Phi) is 4.70. The molecule has 1 heterocycles. The van der Waals surface area contributed by atoms with E-state index in [2.05, 4.69) is 5.32 Å². The third kappa shape index (κ3) is 3.52. The summed E-state index contributed by atoms with van der Waals surface area (Å²) in [5.41, 5.74) is 1.75. The molecule has 1 aromatic rings. The second kappa shape index (κ2) is 6.14. The van der Waals surface area contributed by atoms with Crippen molar-refractivity contribution in [2.75, 3.05) is 26.5 Å². The molecule has 1 fully saturated rings. The summed E-state index contributed by atoms with van der Waals surface area (Å²) >= 11 is 0. The van der Waals surface area contributed by atoms with Gasteiger partial charge in [-0.1, -0.05) is 0 Å². The van der Waals surface area contributed by atoms with Crippen LogP contribution in [0.2, 0.25) is 0 Å². The van der Waals surface area contributed by atoms with Gasteiger partial charge in [-0.15, -0.1) is 0 Å². The minimum absolute atomic E-state index is 0.453. The lowest BCUT2D eigenvalue weighted by Gasteiger charge is -2.24. The molecule has 0 spiro atoms. The number of piperidine rings is 1. The summed E-state index contributed by atoms with van der Waals surface area (Å²) in [6, 6.07) is 3.64. The molecule has 0 saturated carbocycles. The summed E-state index contributed by atoms with van der Waals surface area (Å²) in [5, 5.41) is 3.33. The van der Waals surface area contributed by atoms with Crippen LogP contribution in [-0.2, 0) is 16.3 Å². The molecule has 2 rings (SSSR count). The Morgan fingerprint density at radius 2 is 1.95 bits per heavy atom. The molecule has 5 heteroatoms. The van der Waals surface area contributed by atoms with Gasteiger partial charge in [-0.25, -0.2) is 8.42 Å². The highest BCUT2D eigenvalue weighted by atomic mass is 32.2. The summed E-state index contributed by atoms with van der Waals surface area (Å²) in [6.45, 7) is 3.91. The summed E-state index contributed by atoms with van der Waals surface area (Å²) in [5.74, 6) is 1.31. The van der Waals surface area contributed by atoms with E-state index in [1.165, 1.54) is 6.26 Å². The lowest BCUT2D eigenvalue weighted by molar-refractivity contribution is 0.369. The molecule has 112 valence electrons. The zero-order valence-electron chi connectivity index (χ0n) is 12.4. The van der Waals surface area contributed by atoms with Crippen molar-refractivity contribution < 1.29 is 13.2 Å². The number of hydrogen-bond donors (Lipinski definition) is 1. The van der Waals surface area contributed by atoms with Crippen LogP contribution in [-0.4, -0.2) is 34.9 Å². The van der Waals surface area contributed by atoms with Gasteiger partial charge in [0.1, 0.15) is 5.75 Å². The molecule has 1 aliphatic rings. The molecule has 0 aromatic heterocycles. The number of aryl methyl sites for hydroxylation is 1. The highest BCUT2D eigenvalue weighted by Gasteiger charge is 2.20. The van der Waals surface area contributed by atoms with Gasteiger partial charge in [0.25, 0.3) is 0 Å². The maximum absolute atomic E-state index is 12.0. The van der Waals surface area contributed by atoms with E-state index in [1.54, 1.807) is 13.2 Å². The van der Waals surface area contributed by atoms with Crippen LogP contribution in [0.25, 0.3) is 0 Å². The molecule has 0 unspecified atom stereocenters. The van der Waals surface area contributed by atoms with Gasteiger partial charge in [0.2, 0.25) is 0 Å². The molecule has 1 saturated heterocycles. The van der Waals surface area contributed by atoms with Crippen LogP contribution in [0.5, 0.6) is 5.75 Å². The summed E-state index contributed by atoms with van der Waals surface area (Å²) in [6.07, 6.45) is 4.28. The number of hydrogen-bond acceptors (Lipinski definition) is 4. The van der Waals surface area contributed by atoms with E-state index in [1.807, 2.05) is 13.0 Å².